The zero-order valence-corrected chi connectivity index (χ0v) is 22.5. The molecule has 2 aromatic rings. The van der Waals surface area contributed by atoms with E-state index in [0.717, 1.165) is 30.5 Å². The molecule has 35 heavy (non-hydrogen) atoms. The molecule has 0 radical (unpaired) electrons. The summed E-state index contributed by atoms with van der Waals surface area (Å²) in [5.41, 5.74) is 1.24. The molecule has 10 heteroatoms. The molecular weight excluding hydrogens is 487 g/mol. The van der Waals surface area contributed by atoms with Crippen LogP contribution in [0, 0.1) is 0 Å². The van der Waals surface area contributed by atoms with Crippen LogP contribution >= 0.6 is 0 Å². The summed E-state index contributed by atoms with van der Waals surface area (Å²) in [4.78, 5) is 12.9. The molecule has 0 spiro atoms. The molecule has 0 bridgehead atoms. The molecule has 0 aromatic heterocycles. The number of phenols is 2. The van der Waals surface area contributed by atoms with Crippen molar-refractivity contribution in [3.05, 3.63) is 47.5 Å². The van der Waals surface area contributed by atoms with Gasteiger partial charge < -0.3 is 29.5 Å². The Kier molecular flexibility index (Phi) is 14.6. The van der Waals surface area contributed by atoms with Gasteiger partial charge in [0.1, 0.15) is 36.2 Å². The molecule has 1 atom stereocenters. The van der Waals surface area contributed by atoms with Gasteiger partial charge in [-0.05, 0) is 59.4 Å². The van der Waals surface area contributed by atoms with Crippen LogP contribution in [0.4, 0.5) is 0 Å². The van der Waals surface area contributed by atoms with Gasteiger partial charge in [-0.1, -0.05) is 0 Å². The molecule has 0 saturated carbocycles. The van der Waals surface area contributed by atoms with Gasteiger partial charge in [0.15, 0.2) is 0 Å². The Hall–Kier alpha value is -2.72. The zero-order valence-electron chi connectivity index (χ0n) is 21.1. The van der Waals surface area contributed by atoms with Gasteiger partial charge in [0.05, 0.1) is 12.6 Å². The monoisotopic (exact) mass is 523 g/mol. The van der Waals surface area contributed by atoms with E-state index in [2.05, 4.69) is 9.98 Å². The number of likely N-dealkylation sites (N-methyl/N-ethyl adjacent to an activating group) is 2. The van der Waals surface area contributed by atoms with E-state index < -0.39 is 0 Å². The maximum atomic E-state index is 10.2. The Morgan fingerprint density at radius 2 is 1.31 bits per heavy atom. The first kappa shape index (κ1) is 30.3. The molecule has 0 aliphatic rings. The molecule has 0 saturated heterocycles. The molecule has 2 rings (SSSR count). The molecule has 191 valence electrons. The summed E-state index contributed by atoms with van der Waals surface area (Å²) < 4.78 is 19.4. The van der Waals surface area contributed by atoms with Crippen LogP contribution in [0.3, 0.4) is 0 Å². The molecule has 0 aliphatic carbocycles. The first-order valence-corrected chi connectivity index (χ1v) is 11.7. The van der Waals surface area contributed by atoms with Crippen molar-refractivity contribution in [1.82, 2.24) is 9.80 Å². The van der Waals surface area contributed by atoms with Crippen LogP contribution in [0.25, 0.3) is 0 Å². The number of benzene rings is 2. The third kappa shape index (κ3) is 12.5. The van der Waals surface area contributed by atoms with Crippen molar-refractivity contribution in [3.63, 3.8) is 0 Å². The van der Waals surface area contributed by atoms with Crippen LogP contribution in [-0.2, 0) is 21.0 Å². The minimum absolute atomic E-state index is 0.0903. The van der Waals surface area contributed by atoms with Gasteiger partial charge in [-0.3, -0.25) is 9.98 Å². The third-order valence-corrected chi connectivity index (χ3v) is 4.69. The topological polar surface area (TPSA) is 107 Å². The first-order valence-electron chi connectivity index (χ1n) is 11.2. The van der Waals surface area contributed by atoms with E-state index in [1.807, 2.05) is 57.0 Å². The number of aromatic hydroxyl groups is 2. The number of nitrogens with zero attached hydrogens (tertiary/aromatic N) is 4. The number of hydrogen-bond acceptors (Lipinski definition) is 9. The van der Waals surface area contributed by atoms with E-state index in [-0.39, 0.29) is 17.5 Å². The molecule has 9 nitrogen and oxygen atoms in total. The van der Waals surface area contributed by atoms with Gasteiger partial charge in [0.2, 0.25) is 0 Å². The summed E-state index contributed by atoms with van der Waals surface area (Å²) in [7, 11) is 7.92. The second-order valence-corrected chi connectivity index (χ2v) is 8.37. The molecule has 0 fully saturated rings. The van der Waals surface area contributed by atoms with Crippen molar-refractivity contribution >= 4 is 12.4 Å². The number of hydrogen-bond donors (Lipinski definition) is 2. The predicted molar refractivity (Wildman–Crippen MR) is 135 cm³/mol. The summed E-state index contributed by atoms with van der Waals surface area (Å²) in [5, 5.41) is 20.4. The summed E-state index contributed by atoms with van der Waals surface area (Å²) in [5.74, 6) is 1.49. The molecule has 1 unspecified atom stereocenters. The van der Waals surface area contributed by atoms with Gasteiger partial charge in [-0.25, -0.2) is 0 Å². The third-order valence-electron chi connectivity index (χ3n) is 4.69. The maximum absolute atomic E-state index is 10.2. The number of aliphatic imine (C=N–C) groups is 2. The van der Waals surface area contributed by atoms with Crippen molar-refractivity contribution in [2.45, 2.75) is 13.0 Å². The molecule has 0 aliphatic heterocycles. The minimum atomic E-state index is -0.0903. The number of rotatable bonds is 13. The van der Waals surface area contributed by atoms with E-state index in [9.17, 15) is 10.2 Å². The Morgan fingerprint density at radius 1 is 0.857 bits per heavy atom. The van der Waals surface area contributed by atoms with Crippen LogP contribution in [0.1, 0.15) is 18.1 Å². The van der Waals surface area contributed by atoms with Crippen LogP contribution in [0.5, 0.6) is 23.0 Å². The van der Waals surface area contributed by atoms with Gasteiger partial charge in [0, 0.05) is 48.8 Å². The fraction of sp³-hybridized carbons (Fsp3) is 0.440. The van der Waals surface area contributed by atoms with Crippen molar-refractivity contribution < 1.29 is 40.7 Å². The SMILES string of the molecule is CC(CN=Cc1ccc(OCCN(C)C)cc1O)N=Cc1ccc(OCCN(C)C)cc1O.[O]=[V]. The van der Waals surface area contributed by atoms with E-state index in [0.29, 0.717) is 42.4 Å². The average Bonchev–Trinajstić information content (AvgIpc) is 2.81. The molecule has 2 N–H and O–H groups in total. The molecular formula is C25H36N4O5V. The van der Waals surface area contributed by atoms with E-state index in [4.69, 9.17) is 13.1 Å². The number of phenolic OH excluding ortho intramolecular Hbond substituents is 2. The predicted octanol–water partition coefficient (Wildman–Crippen LogP) is 2.78. The Labute approximate surface area is 217 Å². The van der Waals surface area contributed by atoms with Crippen molar-refractivity contribution in [2.75, 3.05) is 61.0 Å². The normalized spacial score (nSPS) is 12.2. The van der Waals surface area contributed by atoms with E-state index in [1.54, 1.807) is 36.7 Å². The Bertz CT molecular complexity index is 953. The first-order chi connectivity index (χ1) is 16.7. The summed E-state index contributed by atoms with van der Waals surface area (Å²) in [6.07, 6.45) is 3.26. The van der Waals surface area contributed by atoms with Gasteiger partial charge >= 0.3 is 21.0 Å². The van der Waals surface area contributed by atoms with Crippen LogP contribution in [0.15, 0.2) is 46.4 Å². The Balaban J connectivity index is 0.00000298. The van der Waals surface area contributed by atoms with Gasteiger partial charge in [0.25, 0.3) is 0 Å². The van der Waals surface area contributed by atoms with Crippen molar-refractivity contribution in [2.24, 2.45) is 9.98 Å². The van der Waals surface area contributed by atoms with Gasteiger partial charge in [-0.2, -0.15) is 0 Å². The van der Waals surface area contributed by atoms with Crippen LogP contribution in [0.2, 0.25) is 0 Å². The summed E-state index contributed by atoms with van der Waals surface area (Å²) >= 11 is 1.06. The van der Waals surface area contributed by atoms with E-state index >= 15 is 0 Å². The second kappa shape index (κ2) is 16.8. The summed E-state index contributed by atoms with van der Waals surface area (Å²) in [6, 6.07) is 10.3. The fourth-order valence-electron chi connectivity index (χ4n) is 2.70. The van der Waals surface area contributed by atoms with E-state index in [1.165, 1.54) is 0 Å². The Morgan fingerprint density at radius 3 is 1.74 bits per heavy atom. The van der Waals surface area contributed by atoms with Crippen LogP contribution in [-0.4, -0.2) is 99.5 Å². The quantitative estimate of drug-likeness (QED) is 0.389. The molecule has 2 aromatic carbocycles. The molecule has 0 heterocycles. The van der Waals surface area contributed by atoms with Gasteiger partial charge in [-0.15, -0.1) is 0 Å². The molecule has 0 amide bonds. The summed E-state index contributed by atoms with van der Waals surface area (Å²) in [6.45, 7) is 5.09. The average molecular weight is 524 g/mol. The second-order valence-electron chi connectivity index (χ2n) is 8.37. The van der Waals surface area contributed by atoms with Crippen molar-refractivity contribution in [1.29, 1.82) is 0 Å². The van der Waals surface area contributed by atoms with Crippen LogP contribution < -0.4 is 9.47 Å². The number of ether oxygens (including phenoxy) is 2. The fourth-order valence-corrected chi connectivity index (χ4v) is 2.70. The zero-order chi connectivity index (χ0) is 26.2. The van der Waals surface area contributed by atoms with Crippen molar-refractivity contribution in [3.8, 4) is 23.0 Å². The standard InChI is InChI=1S/C25H36N4O4.O.V/c1-19(27-18-21-7-9-23(15-25(21)31)33-13-11-29(4)5)16-26-17-20-6-8-22(14-24(20)30)32-12-10-28(2)3;;/h6-9,14-15,17-19,30-31H,10-13,16H2,1-5H3;;.